The largest absolute Gasteiger partial charge is 0.347 e. The number of aryl methyl sites for hydroxylation is 1. The molecule has 1 amide bonds. The summed E-state index contributed by atoms with van der Waals surface area (Å²) in [4.78, 5) is 13.9. The predicted molar refractivity (Wildman–Crippen MR) is 108 cm³/mol. The number of amides is 1. The highest BCUT2D eigenvalue weighted by Crippen LogP contribution is 2.30. The molecule has 0 aliphatic rings. The molecule has 4 aromatic rings. The molecule has 2 aromatic carbocycles. The average molecular weight is 396 g/mol. The summed E-state index contributed by atoms with van der Waals surface area (Å²) in [5, 5.41) is 2.92. The molecule has 28 heavy (non-hydrogen) atoms. The van der Waals surface area contributed by atoms with E-state index in [1.165, 1.54) is 12.1 Å². The first-order valence-corrected chi connectivity index (χ1v) is 9.68. The summed E-state index contributed by atoms with van der Waals surface area (Å²) in [5.41, 5.74) is 2.66. The van der Waals surface area contributed by atoms with Crippen LogP contribution in [0.1, 0.15) is 26.5 Å². The number of fused-ring (bicyclic) bond motifs is 1. The average Bonchev–Trinajstić information content (AvgIpc) is 3.19. The lowest BCUT2D eigenvalue weighted by Gasteiger charge is -2.12. The first kappa shape index (κ1) is 18.4. The maximum Gasteiger partial charge on any atom is 0.268 e. The zero-order chi connectivity index (χ0) is 19.7. The number of hydrogen-bond acceptors (Lipinski definition) is 2. The number of nitrogens with zero attached hydrogens (tertiary/aromatic N) is 1. The Labute approximate surface area is 165 Å². The second kappa shape index (κ2) is 7.56. The molecule has 0 spiro atoms. The minimum Gasteiger partial charge on any atom is -0.347 e. The van der Waals surface area contributed by atoms with Crippen molar-refractivity contribution < 1.29 is 13.6 Å². The van der Waals surface area contributed by atoms with Gasteiger partial charge in [0.2, 0.25) is 0 Å². The third-order valence-electron chi connectivity index (χ3n) is 4.58. The van der Waals surface area contributed by atoms with Gasteiger partial charge < -0.3 is 9.88 Å². The first-order chi connectivity index (χ1) is 13.5. The van der Waals surface area contributed by atoms with Gasteiger partial charge in [-0.15, -0.1) is 11.3 Å². The third kappa shape index (κ3) is 3.68. The molecule has 0 saturated heterocycles. The summed E-state index contributed by atoms with van der Waals surface area (Å²) in [6, 6.07) is 17.0. The zero-order valence-electron chi connectivity index (χ0n) is 15.2. The van der Waals surface area contributed by atoms with Crippen molar-refractivity contribution in [2.45, 2.75) is 20.0 Å². The topological polar surface area (TPSA) is 34.0 Å². The molecule has 0 aliphatic carbocycles. The highest BCUT2D eigenvalue weighted by Gasteiger charge is 2.18. The Bertz CT molecular complexity index is 1150. The van der Waals surface area contributed by atoms with Crippen molar-refractivity contribution in [2.24, 2.45) is 0 Å². The van der Waals surface area contributed by atoms with E-state index in [1.54, 1.807) is 15.9 Å². The summed E-state index contributed by atoms with van der Waals surface area (Å²) in [6.07, 6.45) is 0. The molecular weight excluding hydrogens is 378 g/mol. The molecule has 0 unspecified atom stereocenters. The van der Waals surface area contributed by atoms with Gasteiger partial charge in [0, 0.05) is 23.1 Å². The summed E-state index contributed by atoms with van der Waals surface area (Å²) >= 11 is 1.58. The number of nitrogens with one attached hydrogen (secondary N) is 1. The van der Waals surface area contributed by atoms with Crippen LogP contribution in [0.4, 0.5) is 8.78 Å². The van der Waals surface area contributed by atoms with Crippen LogP contribution in [0.15, 0.2) is 60.7 Å². The quantitative estimate of drug-likeness (QED) is 0.490. The Kier molecular flexibility index (Phi) is 4.96. The van der Waals surface area contributed by atoms with Crippen molar-refractivity contribution in [1.82, 2.24) is 9.88 Å². The van der Waals surface area contributed by atoms with E-state index in [1.807, 2.05) is 49.4 Å². The van der Waals surface area contributed by atoms with E-state index in [4.69, 9.17) is 0 Å². The molecule has 142 valence electrons. The van der Waals surface area contributed by atoms with E-state index < -0.39 is 11.6 Å². The molecule has 4 rings (SSSR count). The molecule has 0 saturated carbocycles. The van der Waals surface area contributed by atoms with Crippen molar-refractivity contribution in [3.05, 3.63) is 94.0 Å². The molecule has 0 fully saturated rings. The maximum absolute atomic E-state index is 14.2. The van der Waals surface area contributed by atoms with E-state index >= 15 is 0 Å². The van der Waals surface area contributed by atoms with Crippen molar-refractivity contribution >= 4 is 27.5 Å². The van der Waals surface area contributed by atoms with E-state index in [9.17, 15) is 13.6 Å². The summed E-state index contributed by atoms with van der Waals surface area (Å²) in [6.45, 7) is 2.55. The Morgan fingerprint density at radius 1 is 1.07 bits per heavy atom. The lowest BCUT2D eigenvalue weighted by Crippen LogP contribution is -2.25. The fraction of sp³-hybridized carbons (Fsp3) is 0.136. The summed E-state index contributed by atoms with van der Waals surface area (Å²) in [7, 11) is 0. The lowest BCUT2D eigenvalue weighted by molar-refractivity contribution is 0.0942. The minimum absolute atomic E-state index is 0.153. The zero-order valence-corrected chi connectivity index (χ0v) is 16.0. The molecule has 0 aliphatic heterocycles. The smallest absolute Gasteiger partial charge is 0.268 e. The van der Waals surface area contributed by atoms with Crippen molar-refractivity contribution in [2.75, 3.05) is 0 Å². The Morgan fingerprint density at radius 3 is 2.61 bits per heavy atom. The van der Waals surface area contributed by atoms with Gasteiger partial charge in [0.15, 0.2) is 0 Å². The van der Waals surface area contributed by atoms with Gasteiger partial charge in [0.25, 0.3) is 5.91 Å². The normalized spacial score (nSPS) is 11.1. The van der Waals surface area contributed by atoms with Gasteiger partial charge >= 0.3 is 0 Å². The molecule has 0 radical (unpaired) electrons. The van der Waals surface area contributed by atoms with Gasteiger partial charge in [-0.1, -0.05) is 36.4 Å². The van der Waals surface area contributed by atoms with E-state index in [-0.39, 0.29) is 12.5 Å². The van der Waals surface area contributed by atoms with Gasteiger partial charge in [0.1, 0.15) is 17.3 Å². The standard InChI is InChI=1S/C22H18F2N2OS/c1-14-9-19-21(28-14)11-20(22(27)25-12-15-5-3-2-4-6-15)26(19)13-16-7-8-17(23)10-18(16)24/h2-11H,12-13H2,1H3,(H,25,27). The minimum atomic E-state index is -0.621. The maximum atomic E-state index is 14.2. The lowest BCUT2D eigenvalue weighted by atomic mass is 10.2. The van der Waals surface area contributed by atoms with Crippen molar-refractivity contribution in [3.8, 4) is 0 Å². The highest BCUT2D eigenvalue weighted by molar-refractivity contribution is 7.19. The molecule has 0 atom stereocenters. The fourth-order valence-electron chi connectivity index (χ4n) is 3.21. The van der Waals surface area contributed by atoms with E-state index in [0.29, 0.717) is 17.8 Å². The molecule has 0 bridgehead atoms. The van der Waals surface area contributed by atoms with Crippen LogP contribution < -0.4 is 5.32 Å². The first-order valence-electron chi connectivity index (χ1n) is 8.87. The van der Waals surface area contributed by atoms with Gasteiger partial charge in [0.05, 0.1) is 16.8 Å². The number of hydrogen-bond donors (Lipinski definition) is 1. The SMILES string of the molecule is Cc1cc2c(cc(C(=O)NCc3ccccc3)n2Cc2ccc(F)cc2F)s1. The fourth-order valence-corrected chi connectivity index (χ4v) is 4.17. The molecule has 3 nitrogen and oxygen atoms in total. The van der Waals surface area contributed by atoms with Gasteiger partial charge in [-0.3, -0.25) is 4.79 Å². The molecule has 6 heteroatoms. The second-order valence-corrected chi connectivity index (χ2v) is 7.91. The van der Waals surface area contributed by atoms with Crippen LogP contribution in [0.5, 0.6) is 0 Å². The van der Waals surface area contributed by atoms with Crippen LogP contribution in [0.25, 0.3) is 10.2 Å². The Balaban J connectivity index is 1.66. The summed E-state index contributed by atoms with van der Waals surface area (Å²) < 4.78 is 30.2. The van der Waals surface area contributed by atoms with E-state index in [0.717, 1.165) is 26.7 Å². The number of carbonyl (C=O) groups excluding carboxylic acids is 1. The van der Waals surface area contributed by atoms with Gasteiger partial charge in [-0.25, -0.2) is 8.78 Å². The third-order valence-corrected chi connectivity index (χ3v) is 5.57. The van der Waals surface area contributed by atoms with Crippen LogP contribution in [-0.2, 0) is 13.1 Å². The number of carbonyl (C=O) groups is 1. The number of rotatable bonds is 5. The van der Waals surface area contributed by atoms with Crippen LogP contribution >= 0.6 is 11.3 Å². The van der Waals surface area contributed by atoms with Crippen LogP contribution in [0.3, 0.4) is 0 Å². The molecule has 2 aromatic heterocycles. The van der Waals surface area contributed by atoms with Crippen LogP contribution in [0.2, 0.25) is 0 Å². The number of aromatic nitrogens is 1. The number of benzene rings is 2. The summed E-state index contributed by atoms with van der Waals surface area (Å²) in [5.74, 6) is -1.47. The Morgan fingerprint density at radius 2 is 1.86 bits per heavy atom. The molecule has 1 N–H and O–H groups in total. The van der Waals surface area contributed by atoms with Crippen molar-refractivity contribution in [3.63, 3.8) is 0 Å². The van der Waals surface area contributed by atoms with E-state index in [2.05, 4.69) is 5.32 Å². The number of halogens is 2. The van der Waals surface area contributed by atoms with Crippen LogP contribution in [-0.4, -0.2) is 10.5 Å². The van der Waals surface area contributed by atoms with Gasteiger partial charge in [-0.2, -0.15) is 0 Å². The highest BCUT2D eigenvalue weighted by atomic mass is 32.1. The van der Waals surface area contributed by atoms with Crippen molar-refractivity contribution in [1.29, 1.82) is 0 Å². The monoisotopic (exact) mass is 396 g/mol. The van der Waals surface area contributed by atoms with Gasteiger partial charge in [-0.05, 0) is 30.7 Å². The second-order valence-electron chi connectivity index (χ2n) is 6.63. The molecule has 2 heterocycles. The van der Waals surface area contributed by atoms with Crippen LogP contribution in [0, 0.1) is 18.6 Å². The Hall–Kier alpha value is -2.99. The predicted octanol–water partition coefficient (Wildman–Crippen LogP) is 5.27. The number of thiophene rings is 1. The molecular formula is C22H18F2N2OS.